The first-order valence-corrected chi connectivity index (χ1v) is 13.6. The van der Waals surface area contributed by atoms with E-state index in [1.165, 1.54) is 24.6 Å². The molecule has 0 aromatic heterocycles. The molecule has 2 aromatic carbocycles. The molecular weight excluding hydrogens is 567 g/mol. The standard InChI is InChI=1S/C24H31FN2O3.C6H8O7/c1-5-30-23-15-19(17(2)14-22(23)29-4)16-27-12-10-24(11-13-27,26-18(3)28)20-6-8-21(25)9-7-20;7-3(8)1-6(13,5(11)12)2-4(9)10/h6-9,14-15H,5,10-13,16H2,1-4H3,(H,26,28);13H,1-2H2,(H,7,8)(H,9,10)(H,11,12). The fourth-order valence-electron chi connectivity index (χ4n) is 4.94. The van der Waals surface area contributed by atoms with Crippen molar-refractivity contribution in [2.45, 2.75) is 64.1 Å². The van der Waals surface area contributed by atoms with Crippen molar-refractivity contribution >= 4 is 23.8 Å². The van der Waals surface area contributed by atoms with E-state index in [0.717, 1.165) is 55.1 Å². The summed E-state index contributed by atoms with van der Waals surface area (Å²) in [4.78, 5) is 44.8. The molecule has 5 N–H and O–H groups in total. The zero-order valence-electron chi connectivity index (χ0n) is 24.7. The summed E-state index contributed by atoms with van der Waals surface area (Å²) in [6.45, 7) is 8.61. The summed E-state index contributed by atoms with van der Waals surface area (Å²) >= 11 is 0. The molecule has 0 radical (unpaired) electrons. The SMILES string of the molecule is CCOc1cc(CN2CCC(NC(C)=O)(c3ccc(F)cc3)CC2)c(C)cc1OC.O=C(O)CC(O)(CC(=O)O)C(=O)O. The van der Waals surface area contributed by atoms with Crippen molar-refractivity contribution in [2.75, 3.05) is 26.8 Å². The number of carbonyl (C=O) groups is 4. The summed E-state index contributed by atoms with van der Waals surface area (Å²) in [5.41, 5.74) is 0.123. The highest BCUT2D eigenvalue weighted by Crippen LogP contribution is 2.35. The second-order valence-electron chi connectivity index (χ2n) is 10.4. The molecule has 1 aliphatic rings. The van der Waals surface area contributed by atoms with Gasteiger partial charge in [-0.05, 0) is 67.6 Å². The molecule has 0 aliphatic carbocycles. The smallest absolute Gasteiger partial charge is 0.336 e. The maximum Gasteiger partial charge on any atom is 0.336 e. The van der Waals surface area contributed by atoms with Gasteiger partial charge in [0.25, 0.3) is 0 Å². The van der Waals surface area contributed by atoms with Gasteiger partial charge in [0.05, 0.1) is 32.1 Å². The Morgan fingerprint density at radius 3 is 2.00 bits per heavy atom. The van der Waals surface area contributed by atoms with Crippen molar-refractivity contribution in [2.24, 2.45) is 0 Å². The van der Waals surface area contributed by atoms with E-state index < -0.39 is 41.9 Å². The molecule has 2 aromatic rings. The normalized spacial score (nSPS) is 14.6. The molecule has 1 saturated heterocycles. The summed E-state index contributed by atoms with van der Waals surface area (Å²) < 4.78 is 24.6. The lowest BCUT2D eigenvalue weighted by Gasteiger charge is -2.43. The summed E-state index contributed by atoms with van der Waals surface area (Å²) in [5.74, 6) is -3.85. The minimum absolute atomic E-state index is 0.0693. The quantitative estimate of drug-likeness (QED) is 0.239. The van der Waals surface area contributed by atoms with Crippen LogP contribution in [-0.4, -0.2) is 81.5 Å². The van der Waals surface area contributed by atoms with Gasteiger partial charge in [-0.15, -0.1) is 0 Å². The van der Waals surface area contributed by atoms with Crippen LogP contribution in [0.1, 0.15) is 56.2 Å². The number of nitrogens with one attached hydrogen (secondary N) is 1. The van der Waals surface area contributed by atoms with Gasteiger partial charge in [0, 0.05) is 26.6 Å². The van der Waals surface area contributed by atoms with E-state index in [1.807, 2.05) is 13.0 Å². The van der Waals surface area contributed by atoms with Crippen molar-refractivity contribution < 1.29 is 53.5 Å². The summed E-state index contributed by atoms with van der Waals surface area (Å²) in [7, 11) is 1.65. The van der Waals surface area contributed by atoms with Crippen molar-refractivity contribution in [1.82, 2.24) is 10.2 Å². The van der Waals surface area contributed by atoms with Crippen molar-refractivity contribution in [1.29, 1.82) is 0 Å². The maximum absolute atomic E-state index is 13.4. The number of benzene rings is 2. The van der Waals surface area contributed by atoms with Gasteiger partial charge in [0.2, 0.25) is 5.91 Å². The number of methoxy groups -OCH3 is 1. The molecule has 12 nitrogen and oxygen atoms in total. The topological polar surface area (TPSA) is 183 Å². The van der Waals surface area contributed by atoms with Crippen molar-refractivity contribution in [3.63, 3.8) is 0 Å². The minimum Gasteiger partial charge on any atom is -0.493 e. The van der Waals surface area contributed by atoms with Gasteiger partial charge in [-0.25, -0.2) is 9.18 Å². The number of carboxylic acids is 3. The molecule has 3 rings (SSSR count). The molecule has 13 heteroatoms. The molecule has 0 unspecified atom stereocenters. The van der Waals surface area contributed by atoms with Crippen LogP contribution in [0.4, 0.5) is 4.39 Å². The first-order chi connectivity index (χ1) is 20.1. The largest absolute Gasteiger partial charge is 0.493 e. The van der Waals surface area contributed by atoms with E-state index in [4.69, 9.17) is 29.9 Å². The molecule has 236 valence electrons. The summed E-state index contributed by atoms with van der Waals surface area (Å²) in [5, 5.41) is 37.0. The third-order valence-electron chi connectivity index (χ3n) is 7.12. The Morgan fingerprint density at radius 2 is 1.56 bits per heavy atom. The first kappa shape index (κ1) is 35.0. The third-order valence-corrected chi connectivity index (χ3v) is 7.12. The van der Waals surface area contributed by atoms with Crippen LogP contribution in [0.2, 0.25) is 0 Å². The van der Waals surface area contributed by atoms with E-state index in [2.05, 4.69) is 23.2 Å². The molecule has 1 fully saturated rings. The number of aliphatic hydroxyl groups is 1. The number of carboxylic acid groups (broad SMARTS) is 3. The Kier molecular flexibility index (Phi) is 12.4. The Hall–Kier alpha value is -4.23. The van der Waals surface area contributed by atoms with Crippen LogP contribution in [0.3, 0.4) is 0 Å². The first-order valence-electron chi connectivity index (χ1n) is 13.6. The minimum atomic E-state index is -2.74. The molecule has 1 amide bonds. The van der Waals surface area contributed by atoms with E-state index in [0.29, 0.717) is 6.61 Å². The number of nitrogens with zero attached hydrogens (tertiary/aromatic N) is 1. The van der Waals surface area contributed by atoms with Gasteiger partial charge in [0.1, 0.15) is 5.82 Å². The van der Waals surface area contributed by atoms with Crippen LogP contribution < -0.4 is 14.8 Å². The summed E-state index contributed by atoms with van der Waals surface area (Å²) in [6.07, 6.45) is -0.749. The lowest BCUT2D eigenvalue weighted by atomic mass is 9.80. The molecule has 0 bridgehead atoms. The average molecular weight is 607 g/mol. The number of rotatable bonds is 12. The van der Waals surface area contributed by atoms with E-state index in [-0.39, 0.29) is 11.7 Å². The van der Waals surface area contributed by atoms with Crippen LogP contribution >= 0.6 is 0 Å². The lowest BCUT2D eigenvalue weighted by Crippen LogP contribution is -2.52. The zero-order valence-corrected chi connectivity index (χ0v) is 24.7. The predicted molar refractivity (Wildman–Crippen MR) is 152 cm³/mol. The van der Waals surface area contributed by atoms with Gasteiger partial charge in [-0.2, -0.15) is 0 Å². The maximum atomic E-state index is 13.4. The number of aryl methyl sites for hydroxylation is 1. The Morgan fingerprint density at radius 1 is 1.00 bits per heavy atom. The average Bonchev–Trinajstić information content (AvgIpc) is 2.91. The van der Waals surface area contributed by atoms with Gasteiger partial charge in [-0.1, -0.05) is 12.1 Å². The highest BCUT2D eigenvalue weighted by atomic mass is 19.1. The van der Waals surface area contributed by atoms with E-state index in [1.54, 1.807) is 19.2 Å². The fraction of sp³-hybridized carbons (Fsp3) is 0.467. The highest BCUT2D eigenvalue weighted by Gasteiger charge is 2.41. The molecule has 0 saturated carbocycles. The second kappa shape index (κ2) is 15.3. The molecule has 1 heterocycles. The number of likely N-dealkylation sites (tertiary alicyclic amines) is 1. The number of halogens is 1. The predicted octanol–water partition coefficient (Wildman–Crippen LogP) is 2.92. The number of piperidine rings is 1. The van der Waals surface area contributed by atoms with Gasteiger partial charge in [0.15, 0.2) is 17.1 Å². The monoisotopic (exact) mass is 606 g/mol. The van der Waals surface area contributed by atoms with E-state index >= 15 is 0 Å². The molecule has 1 aliphatic heterocycles. The Labute approximate surface area is 249 Å². The van der Waals surface area contributed by atoms with Crippen LogP contribution in [-0.2, 0) is 31.3 Å². The lowest BCUT2D eigenvalue weighted by molar-refractivity contribution is -0.170. The highest BCUT2D eigenvalue weighted by molar-refractivity contribution is 5.88. The van der Waals surface area contributed by atoms with Crippen molar-refractivity contribution in [3.05, 3.63) is 58.9 Å². The number of carbonyl (C=O) groups excluding carboxylic acids is 1. The number of ether oxygens (including phenoxy) is 2. The van der Waals surface area contributed by atoms with Gasteiger partial charge >= 0.3 is 17.9 Å². The van der Waals surface area contributed by atoms with Crippen LogP contribution in [0, 0.1) is 12.7 Å². The van der Waals surface area contributed by atoms with E-state index in [9.17, 15) is 23.6 Å². The van der Waals surface area contributed by atoms with Crippen LogP contribution in [0.25, 0.3) is 0 Å². The number of hydrogen-bond donors (Lipinski definition) is 5. The number of hydrogen-bond acceptors (Lipinski definition) is 8. The number of amides is 1. The Balaban J connectivity index is 0.000000420. The fourth-order valence-corrected chi connectivity index (χ4v) is 4.94. The molecule has 0 spiro atoms. The van der Waals surface area contributed by atoms with Crippen molar-refractivity contribution in [3.8, 4) is 11.5 Å². The van der Waals surface area contributed by atoms with Gasteiger partial charge in [-0.3, -0.25) is 19.3 Å². The third kappa shape index (κ3) is 9.93. The summed E-state index contributed by atoms with van der Waals surface area (Å²) in [6, 6.07) is 10.6. The van der Waals surface area contributed by atoms with Crippen LogP contribution in [0.15, 0.2) is 36.4 Å². The van der Waals surface area contributed by atoms with Crippen LogP contribution in [0.5, 0.6) is 11.5 Å². The second-order valence-corrected chi connectivity index (χ2v) is 10.4. The number of aliphatic carboxylic acids is 3. The molecular formula is C30H39FN2O10. The Bertz CT molecular complexity index is 1270. The zero-order chi connectivity index (χ0) is 32.4. The molecule has 0 atom stereocenters. The molecule has 43 heavy (non-hydrogen) atoms. The van der Waals surface area contributed by atoms with Gasteiger partial charge < -0.3 is 35.2 Å².